The molecule has 4 saturated carbocycles. The van der Waals surface area contributed by atoms with Crippen molar-refractivity contribution < 1.29 is 0 Å². The maximum absolute atomic E-state index is 5.79. The molecule has 2 aromatic rings. The van der Waals surface area contributed by atoms with Gasteiger partial charge in [0.25, 0.3) is 0 Å². The van der Waals surface area contributed by atoms with Gasteiger partial charge in [0.2, 0.25) is 11.3 Å². The molecular weight excluding hydrogens is 464 g/mol. The van der Waals surface area contributed by atoms with Crippen molar-refractivity contribution >= 4 is 22.8 Å². The summed E-state index contributed by atoms with van der Waals surface area (Å²) in [6.07, 6.45) is 4.70. The van der Waals surface area contributed by atoms with Crippen molar-refractivity contribution in [2.45, 2.75) is 78.6 Å². The van der Waals surface area contributed by atoms with Gasteiger partial charge in [0, 0.05) is 33.8 Å². The predicted octanol–water partition coefficient (Wildman–Crippen LogP) is 7.40. The van der Waals surface area contributed by atoms with Crippen LogP contribution in [0.4, 0.5) is 0 Å². The van der Waals surface area contributed by atoms with Gasteiger partial charge in [-0.05, 0) is 36.5 Å². The first-order valence-electron chi connectivity index (χ1n) is 14.5. The largest absolute Gasteiger partial charge is 0.248 e. The normalized spacial score (nSPS) is 42.5. The van der Waals surface area contributed by atoms with Crippen LogP contribution in [0.15, 0.2) is 80.6 Å². The molecule has 6 unspecified atom stereocenters. The zero-order chi connectivity index (χ0) is 26.3. The Morgan fingerprint density at radius 3 is 1.24 bits per heavy atom. The van der Waals surface area contributed by atoms with Crippen LogP contribution in [-0.4, -0.2) is 22.8 Å². The van der Waals surface area contributed by atoms with E-state index in [0.29, 0.717) is 11.8 Å². The minimum absolute atomic E-state index is 0.0205. The number of rotatable bonds is 3. The Kier molecular flexibility index (Phi) is 4.02. The number of hydrogen-bond acceptors (Lipinski definition) is 4. The molecular formula is C34H38N4. The van der Waals surface area contributed by atoms with Crippen LogP contribution < -0.4 is 0 Å². The van der Waals surface area contributed by atoms with E-state index in [1.807, 2.05) is 0 Å². The molecule has 2 aliphatic heterocycles. The van der Waals surface area contributed by atoms with Gasteiger partial charge < -0.3 is 0 Å². The summed E-state index contributed by atoms with van der Waals surface area (Å²) in [6.45, 7) is 14.5. The molecule has 6 atom stereocenters. The molecule has 4 bridgehead atoms. The minimum atomic E-state index is -0.940. The van der Waals surface area contributed by atoms with Gasteiger partial charge in [-0.3, -0.25) is 0 Å². The quantitative estimate of drug-likeness (QED) is 0.420. The highest BCUT2D eigenvalue weighted by Crippen LogP contribution is 2.69. The van der Waals surface area contributed by atoms with Gasteiger partial charge in [-0.1, -0.05) is 102 Å². The molecule has 6 aliphatic rings. The van der Waals surface area contributed by atoms with Crippen LogP contribution in [0, 0.1) is 33.5 Å². The van der Waals surface area contributed by atoms with Gasteiger partial charge in [-0.2, -0.15) is 0 Å². The van der Waals surface area contributed by atoms with Gasteiger partial charge in [-0.25, -0.2) is 20.0 Å². The zero-order valence-electron chi connectivity index (χ0n) is 23.5. The van der Waals surface area contributed by atoms with Crippen LogP contribution in [0.5, 0.6) is 0 Å². The fourth-order valence-electron chi connectivity index (χ4n) is 9.36. The third-order valence-corrected chi connectivity index (χ3v) is 12.6. The molecule has 194 valence electrons. The second-order valence-electron chi connectivity index (χ2n) is 14.3. The lowest BCUT2D eigenvalue weighted by Gasteiger charge is -2.41. The fourth-order valence-corrected chi connectivity index (χ4v) is 9.36. The standard InChI is InChI=1S/C34H38N4/c1-29(2)23-17-19-31(29,5)27-25(23)35-33(37-27,21-13-9-7-10-14-21)34(22-15-11-8-12-16-22)36-26-24-18-20-32(6,28(26)38-34)30(24,3)4/h7-16,23-24H,17-20H2,1-6H3. The topological polar surface area (TPSA) is 49.4 Å². The molecule has 2 heterocycles. The van der Waals surface area contributed by atoms with E-state index in [9.17, 15) is 0 Å². The van der Waals surface area contributed by atoms with Crippen molar-refractivity contribution in [2.24, 2.45) is 53.5 Å². The van der Waals surface area contributed by atoms with Crippen LogP contribution in [-0.2, 0) is 11.3 Å². The van der Waals surface area contributed by atoms with E-state index in [0.717, 1.165) is 11.1 Å². The summed E-state index contributed by atoms with van der Waals surface area (Å²) < 4.78 is 0. The van der Waals surface area contributed by atoms with E-state index in [1.165, 1.54) is 48.5 Å². The molecule has 0 amide bonds. The molecule has 4 fully saturated rings. The summed E-state index contributed by atoms with van der Waals surface area (Å²) in [5.41, 5.74) is 5.52. The third kappa shape index (κ3) is 2.22. The Hall–Kier alpha value is -2.88. The van der Waals surface area contributed by atoms with Crippen LogP contribution in [0.2, 0.25) is 0 Å². The molecule has 4 nitrogen and oxygen atoms in total. The summed E-state index contributed by atoms with van der Waals surface area (Å²) in [5, 5.41) is 0. The maximum Gasteiger partial charge on any atom is 0.225 e. The monoisotopic (exact) mass is 502 g/mol. The summed E-state index contributed by atoms with van der Waals surface area (Å²) >= 11 is 0. The van der Waals surface area contributed by atoms with Gasteiger partial charge in [0.1, 0.15) is 0 Å². The Bertz CT molecular complexity index is 1400. The lowest BCUT2D eigenvalue weighted by atomic mass is 9.69. The summed E-state index contributed by atoms with van der Waals surface area (Å²) in [5.74, 6) is 0.858. The molecule has 0 saturated heterocycles. The van der Waals surface area contributed by atoms with E-state index < -0.39 is 11.3 Å². The molecule has 0 spiro atoms. The van der Waals surface area contributed by atoms with Crippen molar-refractivity contribution in [2.75, 3.05) is 0 Å². The minimum Gasteiger partial charge on any atom is -0.248 e. The van der Waals surface area contributed by atoms with E-state index in [1.54, 1.807) is 0 Å². The Labute approximate surface area is 226 Å². The molecule has 38 heavy (non-hydrogen) atoms. The van der Waals surface area contributed by atoms with Crippen LogP contribution in [0.3, 0.4) is 0 Å². The van der Waals surface area contributed by atoms with E-state index in [2.05, 4.69) is 102 Å². The van der Waals surface area contributed by atoms with Crippen molar-refractivity contribution in [3.63, 3.8) is 0 Å². The first-order chi connectivity index (χ1) is 18.0. The molecule has 8 rings (SSSR count). The Morgan fingerprint density at radius 1 is 0.526 bits per heavy atom. The summed E-state index contributed by atoms with van der Waals surface area (Å²) in [4.78, 5) is 23.1. The van der Waals surface area contributed by atoms with Crippen LogP contribution in [0.25, 0.3) is 0 Å². The van der Waals surface area contributed by atoms with Gasteiger partial charge in [0.05, 0.1) is 22.8 Å². The zero-order valence-corrected chi connectivity index (χ0v) is 23.5. The molecule has 0 aromatic heterocycles. The first-order valence-corrected chi connectivity index (χ1v) is 14.5. The first kappa shape index (κ1) is 23.0. The van der Waals surface area contributed by atoms with E-state index >= 15 is 0 Å². The summed E-state index contributed by atoms with van der Waals surface area (Å²) in [6, 6.07) is 21.4. The van der Waals surface area contributed by atoms with Crippen LogP contribution >= 0.6 is 0 Å². The predicted molar refractivity (Wildman–Crippen MR) is 155 cm³/mol. The highest BCUT2D eigenvalue weighted by molar-refractivity contribution is 6.50. The SMILES string of the molecule is CC12CCC(C3=NC(c4ccccc4)(C4(c5ccccc5)N=C5C(=N4)C4(C)CCC5C4(C)C)N=C31)C2(C)C. The van der Waals surface area contributed by atoms with E-state index in [-0.39, 0.29) is 21.7 Å². The smallest absolute Gasteiger partial charge is 0.225 e. The summed E-state index contributed by atoms with van der Waals surface area (Å²) in [7, 11) is 0. The average Bonchev–Trinajstić information content (AvgIpc) is 3.67. The Morgan fingerprint density at radius 2 is 0.895 bits per heavy atom. The second kappa shape index (κ2) is 6.63. The Balaban J connectivity index is 1.46. The van der Waals surface area contributed by atoms with Crippen LogP contribution in [0.1, 0.15) is 78.4 Å². The number of hydrogen-bond donors (Lipinski definition) is 0. The van der Waals surface area contributed by atoms with Crippen molar-refractivity contribution in [1.82, 2.24) is 0 Å². The maximum atomic E-state index is 5.79. The number of nitrogens with zero attached hydrogens (tertiary/aromatic N) is 4. The number of benzene rings is 2. The van der Waals surface area contributed by atoms with Gasteiger partial charge >= 0.3 is 0 Å². The lowest BCUT2D eigenvalue weighted by Crippen LogP contribution is -2.45. The van der Waals surface area contributed by atoms with Crippen molar-refractivity contribution in [3.05, 3.63) is 71.8 Å². The molecule has 4 heteroatoms. The van der Waals surface area contributed by atoms with Crippen molar-refractivity contribution in [3.8, 4) is 0 Å². The lowest BCUT2D eigenvalue weighted by molar-refractivity contribution is 0.188. The number of fused-ring (bicyclic) bond motifs is 10. The van der Waals surface area contributed by atoms with E-state index in [4.69, 9.17) is 20.0 Å². The van der Waals surface area contributed by atoms with Gasteiger partial charge in [-0.15, -0.1) is 0 Å². The molecule has 0 radical (unpaired) electrons. The number of aliphatic imine (C=N–C) groups is 4. The molecule has 0 N–H and O–H groups in total. The third-order valence-electron chi connectivity index (χ3n) is 12.6. The van der Waals surface area contributed by atoms with Gasteiger partial charge in [0.15, 0.2) is 0 Å². The average molecular weight is 503 g/mol. The molecule has 4 aliphatic carbocycles. The molecule has 2 aromatic carbocycles. The second-order valence-corrected chi connectivity index (χ2v) is 14.3. The highest BCUT2D eigenvalue weighted by atomic mass is 15.3. The highest BCUT2D eigenvalue weighted by Gasteiger charge is 2.72. The fraction of sp³-hybridized carbons (Fsp3) is 0.529. The van der Waals surface area contributed by atoms with Crippen molar-refractivity contribution in [1.29, 1.82) is 0 Å².